The van der Waals surface area contributed by atoms with Gasteiger partial charge in [-0.15, -0.1) is 0 Å². The molecule has 0 saturated carbocycles. The predicted octanol–water partition coefficient (Wildman–Crippen LogP) is 2.56. The molecule has 0 aromatic heterocycles. The van der Waals surface area contributed by atoms with Crippen molar-refractivity contribution in [2.24, 2.45) is 17.8 Å². The minimum Gasteiger partial charge on any atom is -0.356 e. The molecule has 3 nitrogen and oxygen atoms in total. The Bertz CT molecular complexity index is 243. The van der Waals surface area contributed by atoms with Crippen molar-refractivity contribution in [1.82, 2.24) is 10.6 Å². The Morgan fingerprint density at radius 3 is 2.83 bits per heavy atom. The van der Waals surface area contributed by atoms with Gasteiger partial charge in [-0.25, -0.2) is 0 Å². The number of hydrogen-bond donors (Lipinski definition) is 2. The van der Waals surface area contributed by atoms with Crippen LogP contribution in [0, 0.1) is 17.8 Å². The van der Waals surface area contributed by atoms with E-state index in [0.717, 1.165) is 38.9 Å². The Hall–Kier alpha value is -0.570. The molecule has 0 bridgehead atoms. The molecule has 3 atom stereocenters. The lowest BCUT2D eigenvalue weighted by Gasteiger charge is -2.30. The van der Waals surface area contributed by atoms with Gasteiger partial charge in [0, 0.05) is 12.5 Å². The topological polar surface area (TPSA) is 41.1 Å². The molecule has 2 N–H and O–H groups in total. The van der Waals surface area contributed by atoms with Crippen molar-refractivity contribution < 1.29 is 4.79 Å². The van der Waals surface area contributed by atoms with Crippen molar-refractivity contribution in [3.8, 4) is 0 Å². The Balaban J connectivity index is 2.29. The van der Waals surface area contributed by atoms with Gasteiger partial charge in [0.25, 0.3) is 0 Å². The molecule has 1 rings (SSSR count). The van der Waals surface area contributed by atoms with E-state index >= 15 is 0 Å². The van der Waals surface area contributed by atoms with Gasteiger partial charge in [-0.3, -0.25) is 4.79 Å². The number of unbranched alkanes of at least 4 members (excludes halogenated alkanes) is 1. The lowest BCUT2D eigenvalue weighted by atomic mass is 9.87. The van der Waals surface area contributed by atoms with Gasteiger partial charge in [0.2, 0.25) is 5.91 Å². The van der Waals surface area contributed by atoms with Crippen LogP contribution in [0.1, 0.15) is 52.9 Å². The van der Waals surface area contributed by atoms with Gasteiger partial charge in [-0.05, 0) is 44.2 Å². The molecular weight excluding hydrogens is 224 g/mol. The molecule has 1 fully saturated rings. The minimum absolute atomic E-state index is 0.224. The quantitative estimate of drug-likeness (QED) is 0.733. The fourth-order valence-electron chi connectivity index (χ4n) is 2.72. The van der Waals surface area contributed by atoms with Gasteiger partial charge >= 0.3 is 0 Å². The van der Waals surface area contributed by atoms with Crippen LogP contribution in [0.15, 0.2) is 0 Å². The highest BCUT2D eigenvalue weighted by atomic mass is 16.1. The molecule has 1 saturated heterocycles. The molecule has 3 heteroatoms. The summed E-state index contributed by atoms with van der Waals surface area (Å²) in [5.74, 6) is 1.83. The first-order chi connectivity index (χ1) is 8.69. The molecule has 1 aliphatic heterocycles. The summed E-state index contributed by atoms with van der Waals surface area (Å²) in [5, 5.41) is 6.58. The van der Waals surface area contributed by atoms with Crippen LogP contribution < -0.4 is 10.6 Å². The molecule has 0 aromatic rings. The van der Waals surface area contributed by atoms with Gasteiger partial charge in [0.1, 0.15) is 0 Å². The zero-order valence-corrected chi connectivity index (χ0v) is 12.3. The fraction of sp³-hybridized carbons (Fsp3) is 0.933. The van der Waals surface area contributed by atoms with Crippen LogP contribution in [0.2, 0.25) is 0 Å². The van der Waals surface area contributed by atoms with Crippen molar-refractivity contribution in [2.75, 3.05) is 19.6 Å². The number of rotatable bonds is 7. The highest BCUT2D eigenvalue weighted by molar-refractivity contribution is 5.78. The maximum atomic E-state index is 12.1. The lowest BCUT2D eigenvalue weighted by molar-refractivity contribution is -0.125. The zero-order chi connectivity index (χ0) is 13.4. The van der Waals surface area contributed by atoms with E-state index < -0.39 is 0 Å². The second kappa shape index (κ2) is 8.52. The first-order valence-corrected chi connectivity index (χ1v) is 7.67. The van der Waals surface area contributed by atoms with Crippen LogP contribution >= 0.6 is 0 Å². The van der Waals surface area contributed by atoms with E-state index in [1.807, 2.05) is 0 Å². The van der Waals surface area contributed by atoms with Crippen LogP contribution in [0.5, 0.6) is 0 Å². The SMILES string of the molecule is CCCCC(CC)C(=O)NCC1CCNCC1C. The Morgan fingerprint density at radius 1 is 1.44 bits per heavy atom. The Kier molecular flexibility index (Phi) is 7.33. The van der Waals surface area contributed by atoms with Crippen molar-refractivity contribution in [2.45, 2.75) is 52.9 Å². The van der Waals surface area contributed by atoms with Crippen LogP contribution in [0.3, 0.4) is 0 Å². The number of amides is 1. The van der Waals surface area contributed by atoms with Gasteiger partial charge < -0.3 is 10.6 Å². The van der Waals surface area contributed by atoms with Gasteiger partial charge in [-0.2, -0.15) is 0 Å². The Morgan fingerprint density at radius 2 is 2.22 bits per heavy atom. The summed E-state index contributed by atoms with van der Waals surface area (Å²) in [7, 11) is 0. The maximum absolute atomic E-state index is 12.1. The van der Waals surface area contributed by atoms with Crippen LogP contribution in [-0.2, 0) is 4.79 Å². The summed E-state index contributed by atoms with van der Waals surface area (Å²) in [5.41, 5.74) is 0. The van der Waals surface area contributed by atoms with Gasteiger partial charge in [0.15, 0.2) is 0 Å². The summed E-state index contributed by atoms with van der Waals surface area (Å²) in [6, 6.07) is 0. The summed E-state index contributed by atoms with van der Waals surface area (Å²) in [6.45, 7) is 9.63. The fourth-order valence-corrected chi connectivity index (χ4v) is 2.72. The second-order valence-corrected chi connectivity index (χ2v) is 5.72. The van der Waals surface area contributed by atoms with E-state index in [4.69, 9.17) is 0 Å². The first-order valence-electron chi connectivity index (χ1n) is 7.67. The van der Waals surface area contributed by atoms with E-state index in [-0.39, 0.29) is 11.8 Å². The molecule has 3 unspecified atom stereocenters. The second-order valence-electron chi connectivity index (χ2n) is 5.72. The minimum atomic E-state index is 0.224. The average Bonchev–Trinajstić information content (AvgIpc) is 2.38. The van der Waals surface area contributed by atoms with Gasteiger partial charge in [0.05, 0.1) is 0 Å². The van der Waals surface area contributed by atoms with Crippen LogP contribution in [0.25, 0.3) is 0 Å². The third kappa shape index (κ3) is 4.97. The summed E-state index contributed by atoms with van der Waals surface area (Å²) >= 11 is 0. The molecule has 1 heterocycles. The largest absolute Gasteiger partial charge is 0.356 e. The van der Waals surface area contributed by atoms with Crippen molar-refractivity contribution >= 4 is 5.91 Å². The van der Waals surface area contributed by atoms with E-state index in [0.29, 0.717) is 11.8 Å². The molecule has 0 spiro atoms. The summed E-state index contributed by atoms with van der Waals surface area (Å²) < 4.78 is 0. The predicted molar refractivity (Wildman–Crippen MR) is 76.5 cm³/mol. The van der Waals surface area contributed by atoms with Crippen molar-refractivity contribution in [3.05, 3.63) is 0 Å². The van der Waals surface area contributed by atoms with Crippen molar-refractivity contribution in [3.63, 3.8) is 0 Å². The molecule has 18 heavy (non-hydrogen) atoms. The van der Waals surface area contributed by atoms with Gasteiger partial charge in [-0.1, -0.05) is 33.6 Å². The highest BCUT2D eigenvalue weighted by Crippen LogP contribution is 2.18. The molecule has 0 aromatic carbocycles. The number of carbonyl (C=O) groups excluding carboxylic acids is 1. The average molecular weight is 254 g/mol. The van der Waals surface area contributed by atoms with E-state index in [1.54, 1.807) is 0 Å². The van der Waals surface area contributed by atoms with E-state index in [2.05, 4.69) is 31.4 Å². The molecular formula is C15H30N2O. The number of hydrogen-bond acceptors (Lipinski definition) is 2. The standard InChI is InChI=1S/C15H30N2O/c1-4-6-7-13(5-2)15(18)17-11-14-8-9-16-10-12(14)3/h12-14,16H,4-11H2,1-3H3,(H,17,18). The number of nitrogens with one attached hydrogen (secondary N) is 2. The lowest BCUT2D eigenvalue weighted by Crippen LogP contribution is -2.42. The van der Waals surface area contributed by atoms with E-state index in [1.165, 1.54) is 12.8 Å². The monoisotopic (exact) mass is 254 g/mol. The Labute approximate surface area is 112 Å². The number of carbonyl (C=O) groups is 1. The molecule has 106 valence electrons. The van der Waals surface area contributed by atoms with Crippen molar-refractivity contribution in [1.29, 1.82) is 0 Å². The van der Waals surface area contributed by atoms with Crippen LogP contribution in [-0.4, -0.2) is 25.5 Å². The molecule has 0 radical (unpaired) electrons. The highest BCUT2D eigenvalue weighted by Gasteiger charge is 2.23. The zero-order valence-electron chi connectivity index (χ0n) is 12.3. The molecule has 0 aliphatic carbocycles. The summed E-state index contributed by atoms with van der Waals surface area (Å²) in [4.78, 5) is 12.1. The molecule has 1 amide bonds. The smallest absolute Gasteiger partial charge is 0.223 e. The molecule has 1 aliphatic rings. The maximum Gasteiger partial charge on any atom is 0.223 e. The normalized spacial score (nSPS) is 25.7. The van der Waals surface area contributed by atoms with Crippen LogP contribution in [0.4, 0.5) is 0 Å². The van der Waals surface area contributed by atoms with E-state index in [9.17, 15) is 4.79 Å². The third-order valence-corrected chi connectivity index (χ3v) is 4.27. The number of piperidine rings is 1. The first kappa shape index (κ1) is 15.5. The summed E-state index contributed by atoms with van der Waals surface area (Å²) in [6.07, 6.45) is 5.53. The third-order valence-electron chi connectivity index (χ3n) is 4.27.